The number of benzene rings is 1. The Morgan fingerprint density at radius 1 is 1.42 bits per heavy atom. The van der Waals surface area contributed by atoms with Crippen molar-refractivity contribution in [3.8, 4) is 0 Å². The van der Waals surface area contributed by atoms with Crippen molar-refractivity contribution in [2.24, 2.45) is 0 Å². The summed E-state index contributed by atoms with van der Waals surface area (Å²) in [6.07, 6.45) is 0. The first-order valence-corrected chi connectivity index (χ1v) is 6.58. The molecule has 8 heteroatoms. The molecule has 0 atom stereocenters. The lowest BCUT2D eigenvalue weighted by atomic mass is 10.3. The number of aromatic nitrogens is 1. The number of rotatable bonds is 3. The topological polar surface area (TPSA) is 62.2 Å². The molecule has 19 heavy (non-hydrogen) atoms. The van der Waals surface area contributed by atoms with Crippen molar-refractivity contribution >= 4 is 51.3 Å². The second-order valence-electron chi connectivity index (χ2n) is 3.61. The van der Waals surface area contributed by atoms with Crippen molar-refractivity contribution in [2.75, 3.05) is 5.32 Å². The highest BCUT2D eigenvalue weighted by molar-refractivity contribution is 7.17. The molecular formula is C11H7Cl2FN2O2S. The molecule has 0 saturated carbocycles. The fraction of sp³-hybridized carbons (Fsp3) is 0.0909. The van der Waals surface area contributed by atoms with Crippen molar-refractivity contribution in [1.82, 2.24) is 4.98 Å². The van der Waals surface area contributed by atoms with E-state index in [9.17, 15) is 9.18 Å². The predicted molar refractivity (Wildman–Crippen MR) is 73.5 cm³/mol. The molecule has 1 aromatic carbocycles. The molecule has 1 heterocycles. The Hall–Kier alpha value is -1.37. The van der Waals surface area contributed by atoms with Crippen molar-refractivity contribution < 1.29 is 14.3 Å². The Labute approximate surface area is 121 Å². The molecule has 2 rings (SSSR count). The summed E-state index contributed by atoms with van der Waals surface area (Å²) in [7, 11) is 0. The predicted octanol–water partition coefficient (Wildman–Crippen LogP) is 4.34. The molecule has 2 aromatic rings. The summed E-state index contributed by atoms with van der Waals surface area (Å²) in [6, 6.07) is 2.21. The highest BCUT2D eigenvalue weighted by atomic mass is 35.5. The number of nitrogens with zero attached hydrogens (tertiary/aromatic N) is 1. The molecule has 0 radical (unpaired) electrons. The number of nitrogens with one attached hydrogen (secondary N) is 1. The molecule has 0 aliphatic rings. The number of carboxylic acids is 1. The Bertz CT molecular complexity index is 637. The van der Waals surface area contributed by atoms with Gasteiger partial charge in [-0.25, -0.2) is 14.2 Å². The van der Waals surface area contributed by atoms with Crippen LogP contribution in [0.5, 0.6) is 0 Å². The Balaban J connectivity index is 2.37. The van der Waals surface area contributed by atoms with Crippen molar-refractivity contribution in [2.45, 2.75) is 6.92 Å². The zero-order valence-electron chi connectivity index (χ0n) is 9.50. The average Bonchev–Trinajstić information content (AvgIpc) is 2.65. The van der Waals surface area contributed by atoms with Gasteiger partial charge in [0.05, 0.1) is 21.4 Å². The number of hydrogen-bond donors (Lipinski definition) is 2. The van der Waals surface area contributed by atoms with Crippen LogP contribution >= 0.6 is 34.5 Å². The van der Waals surface area contributed by atoms with Gasteiger partial charge in [0.1, 0.15) is 10.7 Å². The van der Waals surface area contributed by atoms with Gasteiger partial charge < -0.3 is 10.4 Å². The van der Waals surface area contributed by atoms with Gasteiger partial charge in [0, 0.05) is 0 Å². The summed E-state index contributed by atoms with van der Waals surface area (Å²) < 4.78 is 13.0. The van der Waals surface area contributed by atoms with Crippen LogP contribution in [0.25, 0.3) is 0 Å². The second kappa shape index (κ2) is 5.32. The fourth-order valence-electron chi connectivity index (χ4n) is 1.42. The van der Waals surface area contributed by atoms with E-state index >= 15 is 0 Å². The number of carbonyl (C=O) groups is 1. The molecule has 0 unspecified atom stereocenters. The van der Waals surface area contributed by atoms with Gasteiger partial charge in [0.2, 0.25) is 0 Å². The summed E-state index contributed by atoms with van der Waals surface area (Å²) in [5.74, 6) is -1.61. The van der Waals surface area contributed by atoms with E-state index in [0.717, 1.165) is 23.5 Å². The second-order valence-corrected chi connectivity index (χ2v) is 5.42. The maximum absolute atomic E-state index is 13.0. The summed E-state index contributed by atoms with van der Waals surface area (Å²) >= 11 is 12.7. The third-order valence-electron chi connectivity index (χ3n) is 2.23. The highest BCUT2D eigenvalue weighted by Gasteiger charge is 2.16. The lowest BCUT2D eigenvalue weighted by Crippen LogP contribution is -1.94. The van der Waals surface area contributed by atoms with Crippen molar-refractivity contribution in [1.29, 1.82) is 0 Å². The molecule has 0 bridgehead atoms. The maximum Gasteiger partial charge on any atom is 0.347 e. The maximum atomic E-state index is 13.0. The van der Waals surface area contributed by atoms with Gasteiger partial charge in [-0.15, -0.1) is 0 Å². The quantitative estimate of drug-likeness (QED) is 0.883. The fourth-order valence-corrected chi connectivity index (χ4v) is 2.78. The first-order chi connectivity index (χ1) is 8.88. The zero-order chi connectivity index (χ0) is 14.2. The van der Waals surface area contributed by atoms with E-state index in [0.29, 0.717) is 10.8 Å². The van der Waals surface area contributed by atoms with Crippen LogP contribution < -0.4 is 5.32 Å². The molecule has 100 valence electrons. The molecule has 1 aromatic heterocycles. The number of hydrogen-bond acceptors (Lipinski definition) is 4. The van der Waals surface area contributed by atoms with Crippen LogP contribution in [0.1, 0.15) is 15.4 Å². The monoisotopic (exact) mass is 320 g/mol. The lowest BCUT2D eigenvalue weighted by molar-refractivity contribution is 0.0701. The molecular weight excluding hydrogens is 314 g/mol. The van der Waals surface area contributed by atoms with Gasteiger partial charge in [-0.3, -0.25) is 0 Å². The van der Waals surface area contributed by atoms with Crippen LogP contribution in [0.3, 0.4) is 0 Å². The first-order valence-electron chi connectivity index (χ1n) is 5.00. The van der Waals surface area contributed by atoms with E-state index in [2.05, 4.69) is 10.3 Å². The van der Waals surface area contributed by atoms with Crippen LogP contribution in [-0.4, -0.2) is 16.1 Å². The van der Waals surface area contributed by atoms with Gasteiger partial charge in [0.15, 0.2) is 5.13 Å². The summed E-state index contributed by atoms with van der Waals surface area (Å²) in [4.78, 5) is 15.1. The molecule has 0 spiro atoms. The number of thiazole rings is 1. The zero-order valence-corrected chi connectivity index (χ0v) is 11.8. The van der Waals surface area contributed by atoms with Crippen LogP contribution in [-0.2, 0) is 0 Å². The average molecular weight is 321 g/mol. The Morgan fingerprint density at radius 3 is 2.47 bits per heavy atom. The van der Waals surface area contributed by atoms with Gasteiger partial charge in [0.25, 0.3) is 0 Å². The van der Waals surface area contributed by atoms with E-state index in [1.54, 1.807) is 6.92 Å². The van der Waals surface area contributed by atoms with Crippen molar-refractivity contribution in [3.05, 3.63) is 38.6 Å². The van der Waals surface area contributed by atoms with Crippen LogP contribution in [0.4, 0.5) is 15.2 Å². The van der Waals surface area contributed by atoms with Crippen molar-refractivity contribution in [3.63, 3.8) is 0 Å². The first kappa shape index (κ1) is 14.0. The molecule has 0 amide bonds. The van der Waals surface area contributed by atoms with Gasteiger partial charge in [-0.1, -0.05) is 34.5 Å². The molecule has 0 fully saturated rings. The summed E-state index contributed by atoms with van der Waals surface area (Å²) in [6.45, 7) is 1.58. The molecule has 2 N–H and O–H groups in total. The number of aromatic carboxylic acids is 1. The largest absolute Gasteiger partial charge is 0.477 e. The third-order valence-corrected chi connectivity index (χ3v) is 3.89. The third kappa shape index (κ3) is 2.97. The summed E-state index contributed by atoms with van der Waals surface area (Å²) in [5.41, 5.74) is 0.671. The number of carboxylic acid groups (broad SMARTS) is 1. The van der Waals surface area contributed by atoms with Crippen LogP contribution in [0.15, 0.2) is 12.1 Å². The van der Waals surface area contributed by atoms with E-state index in [-0.39, 0.29) is 20.6 Å². The van der Waals surface area contributed by atoms with E-state index in [1.165, 1.54) is 0 Å². The highest BCUT2D eigenvalue weighted by Crippen LogP contribution is 2.35. The van der Waals surface area contributed by atoms with E-state index < -0.39 is 11.8 Å². The Morgan fingerprint density at radius 2 is 2.00 bits per heavy atom. The number of aryl methyl sites for hydroxylation is 1. The minimum Gasteiger partial charge on any atom is -0.477 e. The smallest absolute Gasteiger partial charge is 0.347 e. The van der Waals surface area contributed by atoms with E-state index in [4.69, 9.17) is 28.3 Å². The van der Waals surface area contributed by atoms with Crippen LogP contribution in [0, 0.1) is 12.7 Å². The minimum absolute atomic E-state index is 0.0923. The minimum atomic E-state index is -1.06. The number of anilines is 2. The molecule has 0 aliphatic heterocycles. The standard InChI is InChI=1S/C11H7Cl2FN2O2S/c1-4-9(10(17)18)19-11(15-4)16-8-6(12)2-5(14)3-7(8)13/h2-3H,1H3,(H,15,16)(H,17,18). The molecule has 0 aliphatic carbocycles. The van der Waals surface area contributed by atoms with Crippen LogP contribution in [0.2, 0.25) is 10.0 Å². The van der Waals surface area contributed by atoms with Gasteiger partial charge >= 0.3 is 5.97 Å². The van der Waals surface area contributed by atoms with Gasteiger partial charge in [-0.2, -0.15) is 0 Å². The Kier molecular flexibility index (Phi) is 3.93. The normalized spacial score (nSPS) is 10.5. The summed E-state index contributed by atoms with van der Waals surface area (Å²) in [5, 5.41) is 12.2. The van der Waals surface area contributed by atoms with E-state index in [1.807, 2.05) is 0 Å². The van der Waals surface area contributed by atoms with Gasteiger partial charge in [-0.05, 0) is 19.1 Å². The molecule has 4 nitrogen and oxygen atoms in total. The lowest BCUT2D eigenvalue weighted by Gasteiger charge is -2.07. The number of halogens is 3. The molecule has 0 saturated heterocycles. The SMILES string of the molecule is Cc1nc(Nc2c(Cl)cc(F)cc2Cl)sc1C(=O)O.